The van der Waals surface area contributed by atoms with Crippen molar-refractivity contribution in [2.24, 2.45) is 0 Å². The van der Waals surface area contributed by atoms with E-state index in [-0.39, 0.29) is 5.41 Å². The number of aromatic nitrogens is 1. The molecule has 0 atom stereocenters. The third-order valence-corrected chi connectivity index (χ3v) is 14.2. The van der Waals surface area contributed by atoms with Gasteiger partial charge in [-0.05, 0) is 150 Å². The number of benzene rings is 11. The fourth-order valence-electron chi connectivity index (χ4n) is 11.0. The van der Waals surface area contributed by atoms with E-state index in [0.29, 0.717) is 0 Å². The molecule has 0 radical (unpaired) electrons. The molecule has 306 valence electrons. The maximum absolute atomic E-state index is 2.52. The smallest absolute Gasteiger partial charge is 0.0547 e. The summed E-state index contributed by atoms with van der Waals surface area (Å²) < 4.78 is 2.52. The van der Waals surface area contributed by atoms with Gasteiger partial charge in [0.15, 0.2) is 0 Å². The molecule has 2 heteroatoms. The molecule has 0 spiro atoms. The predicted molar refractivity (Wildman–Crippen MR) is 276 cm³/mol. The second-order valence-corrected chi connectivity index (χ2v) is 18.1. The van der Waals surface area contributed by atoms with Gasteiger partial charge in [0.05, 0.1) is 11.0 Å². The average molecular weight is 829 g/mol. The van der Waals surface area contributed by atoms with Gasteiger partial charge in [0.25, 0.3) is 0 Å². The molecule has 1 aliphatic carbocycles. The molecule has 0 saturated heterocycles. The van der Waals surface area contributed by atoms with E-state index in [0.717, 1.165) is 22.7 Å². The summed E-state index contributed by atoms with van der Waals surface area (Å²) in [6.45, 7) is 4.76. The van der Waals surface area contributed by atoms with Crippen LogP contribution >= 0.6 is 0 Å². The molecule has 0 aliphatic heterocycles. The Morgan fingerprint density at radius 1 is 0.308 bits per heavy atom. The van der Waals surface area contributed by atoms with Gasteiger partial charge in [0.2, 0.25) is 0 Å². The van der Waals surface area contributed by atoms with Gasteiger partial charge in [-0.3, -0.25) is 0 Å². The minimum absolute atomic E-state index is 0.130. The molecule has 1 aromatic heterocycles. The summed E-state index contributed by atoms with van der Waals surface area (Å²) in [6, 6.07) is 85.1. The van der Waals surface area contributed by atoms with E-state index >= 15 is 0 Å². The topological polar surface area (TPSA) is 8.17 Å². The van der Waals surface area contributed by atoms with E-state index in [2.05, 4.69) is 254 Å². The van der Waals surface area contributed by atoms with Crippen molar-refractivity contribution in [2.75, 3.05) is 4.90 Å². The third-order valence-electron chi connectivity index (χ3n) is 14.2. The average Bonchev–Trinajstić information content (AvgIpc) is 3.80. The van der Waals surface area contributed by atoms with Crippen LogP contribution in [0.3, 0.4) is 0 Å². The Balaban J connectivity index is 1.02. The van der Waals surface area contributed by atoms with Crippen molar-refractivity contribution < 1.29 is 0 Å². The quantitative estimate of drug-likeness (QED) is 0.152. The van der Waals surface area contributed by atoms with Crippen LogP contribution < -0.4 is 4.90 Å². The van der Waals surface area contributed by atoms with Crippen LogP contribution in [0.5, 0.6) is 0 Å². The molecule has 12 aromatic rings. The molecule has 65 heavy (non-hydrogen) atoms. The maximum atomic E-state index is 2.52. The highest BCUT2D eigenvalue weighted by atomic mass is 15.1. The van der Waals surface area contributed by atoms with E-state index in [1.165, 1.54) is 98.6 Å². The van der Waals surface area contributed by atoms with E-state index in [4.69, 9.17) is 0 Å². The fraction of sp³-hybridized carbons (Fsp3) is 0.0476. The second kappa shape index (κ2) is 14.4. The summed E-state index contributed by atoms with van der Waals surface area (Å²) in [6.07, 6.45) is 0. The Kier molecular flexibility index (Phi) is 8.29. The second-order valence-electron chi connectivity index (χ2n) is 18.1. The van der Waals surface area contributed by atoms with Crippen molar-refractivity contribution in [3.63, 3.8) is 0 Å². The van der Waals surface area contributed by atoms with Gasteiger partial charge in [-0.2, -0.15) is 0 Å². The highest BCUT2D eigenvalue weighted by Gasteiger charge is 2.36. The molecule has 0 bridgehead atoms. The normalized spacial score (nSPS) is 12.9. The first kappa shape index (κ1) is 37.4. The molecular weight excluding hydrogens is 785 g/mol. The molecule has 1 heterocycles. The van der Waals surface area contributed by atoms with Crippen LogP contribution in [0.4, 0.5) is 17.1 Å². The van der Waals surface area contributed by atoms with Gasteiger partial charge >= 0.3 is 0 Å². The van der Waals surface area contributed by atoms with Crippen LogP contribution in [0.1, 0.15) is 25.0 Å². The molecule has 1 aliphatic rings. The van der Waals surface area contributed by atoms with Crippen LogP contribution in [0.15, 0.2) is 231 Å². The van der Waals surface area contributed by atoms with Crippen molar-refractivity contribution in [3.05, 3.63) is 242 Å². The number of nitrogens with zero attached hydrogens (tertiary/aromatic N) is 2. The lowest BCUT2D eigenvalue weighted by molar-refractivity contribution is 0.661. The minimum atomic E-state index is -0.130. The number of hydrogen-bond donors (Lipinski definition) is 0. The van der Waals surface area contributed by atoms with E-state index in [9.17, 15) is 0 Å². The molecular formula is C63H44N2. The lowest BCUT2D eigenvalue weighted by Crippen LogP contribution is -2.15. The predicted octanol–water partition coefficient (Wildman–Crippen LogP) is 17.4. The standard InChI is InChI=1S/C63H44N2/c1-63(2)59-24-14-13-23-53(59)56-38-58-57-37-54-51-21-11-9-19-49(51)50-20-10-12-22-52(50)55(54)39-61(57)65(62(58)40-60(56)63)48-35-33-47(34-36-48)64(45-29-25-43(26-30-45)41-15-5-3-6-16-41)46-31-27-44(28-32-46)42-17-7-4-8-18-42/h3-40H,1-2H3. The Labute approximate surface area is 378 Å². The zero-order valence-electron chi connectivity index (χ0n) is 36.3. The van der Waals surface area contributed by atoms with E-state index in [1.54, 1.807) is 0 Å². The number of rotatable bonds is 6. The first-order valence-electron chi connectivity index (χ1n) is 22.7. The zero-order chi connectivity index (χ0) is 43.2. The number of anilines is 3. The van der Waals surface area contributed by atoms with Crippen LogP contribution in [0.2, 0.25) is 0 Å². The number of fused-ring (bicyclic) bond motifs is 12. The molecule has 13 rings (SSSR count). The molecule has 0 amide bonds. The monoisotopic (exact) mass is 828 g/mol. The van der Waals surface area contributed by atoms with Crippen molar-refractivity contribution in [1.29, 1.82) is 0 Å². The minimum Gasteiger partial charge on any atom is -0.311 e. The third kappa shape index (κ3) is 5.81. The number of hydrogen-bond acceptors (Lipinski definition) is 1. The van der Waals surface area contributed by atoms with Crippen molar-refractivity contribution >= 4 is 71.2 Å². The Hall–Kier alpha value is -8.20. The van der Waals surface area contributed by atoms with Crippen LogP contribution in [-0.4, -0.2) is 4.57 Å². The Morgan fingerprint density at radius 3 is 1.28 bits per heavy atom. The van der Waals surface area contributed by atoms with Crippen LogP contribution in [0.25, 0.3) is 93.2 Å². The first-order valence-corrected chi connectivity index (χ1v) is 22.7. The maximum Gasteiger partial charge on any atom is 0.0547 e. The molecule has 2 nitrogen and oxygen atoms in total. The summed E-state index contributed by atoms with van der Waals surface area (Å²) >= 11 is 0. The molecule has 11 aromatic carbocycles. The highest BCUT2D eigenvalue weighted by molar-refractivity contribution is 6.29. The summed E-state index contributed by atoms with van der Waals surface area (Å²) in [5.74, 6) is 0. The highest BCUT2D eigenvalue weighted by Crippen LogP contribution is 2.52. The van der Waals surface area contributed by atoms with Crippen molar-refractivity contribution in [2.45, 2.75) is 19.3 Å². The van der Waals surface area contributed by atoms with Crippen molar-refractivity contribution in [3.8, 4) is 39.1 Å². The van der Waals surface area contributed by atoms with Gasteiger partial charge in [-0.25, -0.2) is 0 Å². The Morgan fingerprint density at radius 2 is 0.723 bits per heavy atom. The molecule has 0 fully saturated rings. The zero-order valence-corrected chi connectivity index (χ0v) is 36.3. The summed E-state index contributed by atoms with van der Waals surface area (Å²) in [7, 11) is 0. The van der Waals surface area contributed by atoms with E-state index in [1.807, 2.05) is 0 Å². The molecule has 0 unspecified atom stereocenters. The van der Waals surface area contributed by atoms with Gasteiger partial charge in [-0.1, -0.05) is 172 Å². The summed E-state index contributed by atoms with van der Waals surface area (Å²) in [5, 5.41) is 10.2. The Bertz CT molecular complexity index is 3720. The van der Waals surface area contributed by atoms with Gasteiger partial charge in [0.1, 0.15) is 0 Å². The van der Waals surface area contributed by atoms with Crippen LogP contribution in [-0.2, 0) is 5.41 Å². The van der Waals surface area contributed by atoms with Crippen LogP contribution in [0, 0.1) is 0 Å². The molecule has 0 saturated carbocycles. The van der Waals surface area contributed by atoms with Crippen molar-refractivity contribution in [1.82, 2.24) is 4.57 Å². The summed E-state index contributed by atoms with van der Waals surface area (Å²) in [4.78, 5) is 2.37. The lowest BCUT2D eigenvalue weighted by Gasteiger charge is -2.26. The van der Waals surface area contributed by atoms with E-state index < -0.39 is 0 Å². The van der Waals surface area contributed by atoms with Gasteiger partial charge in [-0.15, -0.1) is 0 Å². The largest absolute Gasteiger partial charge is 0.311 e. The SMILES string of the molecule is CC1(C)c2ccccc2-c2cc3c4cc5c6ccccc6c6ccccc6c5cc4n(-c4ccc(N(c5ccc(-c6ccccc6)cc5)c5ccc(-c6ccccc6)cc5)cc4)c3cc21. The lowest BCUT2D eigenvalue weighted by atomic mass is 9.82. The van der Waals surface area contributed by atoms with Gasteiger partial charge in [0, 0.05) is 38.9 Å². The van der Waals surface area contributed by atoms with Gasteiger partial charge < -0.3 is 9.47 Å². The fourth-order valence-corrected chi connectivity index (χ4v) is 11.0. The molecule has 0 N–H and O–H groups in total. The summed E-state index contributed by atoms with van der Waals surface area (Å²) in [5.41, 5.74) is 17.0. The first-order chi connectivity index (χ1) is 32.0.